The Morgan fingerprint density at radius 1 is 1.06 bits per heavy atom. The maximum Gasteiger partial charge on any atom is 0.410 e. The van der Waals surface area contributed by atoms with Crippen molar-refractivity contribution >= 4 is 14.4 Å². The lowest BCUT2D eigenvalue weighted by Gasteiger charge is -2.43. The summed E-state index contributed by atoms with van der Waals surface area (Å²) in [6, 6.07) is 10.3. The minimum Gasteiger partial charge on any atom is -0.444 e. The van der Waals surface area contributed by atoms with Gasteiger partial charge in [-0.3, -0.25) is 0 Å². The number of carbonyl (C=O) groups is 1. The quantitative estimate of drug-likeness (QED) is 0.323. The molecule has 2 rings (SSSR count). The highest BCUT2D eigenvalue weighted by molar-refractivity contribution is 6.77. The molecule has 2 unspecified atom stereocenters. The van der Waals surface area contributed by atoms with Gasteiger partial charge < -0.3 is 19.2 Å². The van der Waals surface area contributed by atoms with E-state index in [0.717, 1.165) is 19.3 Å². The van der Waals surface area contributed by atoms with Crippen LogP contribution in [0.3, 0.4) is 0 Å². The molecule has 0 saturated carbocycles. The predicted octanol–water partition coefficient (Wildman–Crippen LogP) is 7.19. The van der Waals surface area contributed by atoms with Gasteiger partial charge in [0.2, 0.25) is 0 Å². The first-order chi connectivity index (χ1) is 16.3. The van der Waals surface area contributed by atoms with Gasteiger partial charge >= 0.3 is 6.09 Å². The molecule has 5 nitrogen and oxygen atoms in total. The molecule has 1 aromatic carbocycles. The first-order valence-corrected chi connectivity index (χ1v) is 15.8. The van der Waals surface area contributed by atoms with Crippen molar-refractivity contribution in [3.05, 3.63) is 35.9 Å². The molecule has 1 aromatic rings. The van der Waals surface area contributed by atoms with Crippen LogP contribution in [0.15, 0.2) is 30.3 Å². The summed E-state index contributed by atoms with van der Waals surface area (Å²) in [5.74, 6) is 0.177. The number of hydrogen-bond acceptors (Lipinski definition) is 4. The fourth-order valence-corrected chi connectivity index (χ4v) is 11.7. The van der Waals surface area contributed by atoms with Gasteiger partial charge in [0.05, 0.1) is 12.1 Å². The Morgan fingerprint density at radius 2 is 1.63 bits per heavy atom. The third-order valence-electron chi connectivity index (χ3n) is 7.59. The van der Waals surface area contributed by atoms with Crippen LogP contribution in [0.25, 0.3) is 0 Å². The summed E-state index contributed by atoms with van der Waals surface area (Å²) in [5.41, 5.74) is 2.26. The highest BCUT2D eigenvalue weighted by Crippen LogP contribution is 2.43. The van der Waals surface area contributed by atoms with E-state index in [-0.39, 0.29) is 18.1 Å². The van der Waals surface area contributed by atoms with Crippen molar-refractivity contribution in [2.24, 2.45) is 5.92 Å². The van der Waals surface area contributed by atoms with Crippen molar-refractivity contribution in [1.29, 1.82) is 0 Å². The maximum absolute atomic E-state index is 12.8. The third kappa shape index (κ3) is 8.06. The van der Waals surface area contributed by atoms with Crippen molar-refractivity contribution in [2.75, 3.05) is 13.2 Å². The van der Waals surface area contributed by atoms with Gasteiger partial charge in [0.1, 0.15) is 5.60 Å². The normalized spacial score (nSPS) is 19.0. The van der Waals surface area contributed by atoms with E-state index in [1.165, 1.54) is 5.56 Å². The lowest BCUT2D eigenvalue weighted by Crippen LogP contribution is -2.49. The molecule has 1 amide bonds. The summed E-state index contributed by atoms with van der Waals surface area (Å²) in [5, 5.41) is 11.4. The second-order valence-corrected chi connectivity index (χ2v) is 17.8. The van der Waals surface area contributed by atoms with Gasteiger partial charge in [-0.05, 0) is 74.6 Å². The second-order valence-electron chi connectivity index (χ2n) is 12.4. The van der Waals surface area contributed by atoms with Crippen molar-refractivity contribution in [2.45, 2.75) is 122 Å². The average molecular weight is 506 g/mol. The molecule has 6 heteroatoms. The van der Waals surface area contributed by atoms with Crippen LogP contribution in [0.1, 0.15) is 87.1 Å². The number of amides is 1. The lowest BCUT2D eigenvalue weighted by atomic mass is 9.91. The molecule has 1 saturated heterocycles. The SMILES string of the molecule is CC(C)[Si](OCC(Cc1ccccc1)CC(O)[C@@H]1CCCN1C(=O)OC(C)(C)C)(C(C)C)C(C)C. The average Bonchev–Trinajstić information content (AvgIpc) is 3.23. The number of ether oxygens (including phenoxy) is 1. The Kier molecular flexibility index (Phi) is 10.9. The summed E-state index contributed by atoms with van der Waals surface area (Å²) < 4.78 is 12.6. The number of carbonyl (C=O) groups excluding carboxylic acids is 1. The summed E-state index contributed by atoms with van der Waals surface area (Å²) in [6.07, 6.45) is 2.25. The highest BCUT2D eigenvalue weighted by atomic mass is 28.4. The predicted molar refractivity (Wildman–Crippen MR) is 147 cm³/mol. The summed E-state index contributed by atoms with van der Waals surface area (Å²) in [7, 11) is -2.01. The maximum atomic E-state index is 12.8. The molecule has 1 aliphatic rings. The van der Waals surface area contributed by atoms with Crippen molar-refractivity contribution < 1.29 is 19.1 Å². The van der Waals surface area contributed by atoms with Gasteiger partial charge in [0, 0.05) is 13.2 Å². The van der Waals surface area contributed by atoms with E-state index in [2.05, 4.69) is 65.8 Å². The summed E-state index contributed by atoms with van der Waals surface area (Å²) >= 11 is 0. The Labute approximate surface area is 215 Å². The minimum absolute atomic E-state index is 0.177. The van der Waals surface area contributed by atoms with Crippen LogP contribution in [0.2, 0.25) is 16.6 Å². The summed E-state index contributed by atoms with van der Waals surface area (Å²) in [6.45, 7) is 20.8. The zero-order chi connectivity index (χ0) is 26.4. The van der Waals surface area contributed by atoms with Gasteiger partial charge in [0.15, 0.2) is 8.32 Å². The van der Waals surface area contributed by atoms with Gasteiger partial charge in [-0.1, -0.05) is 71.9 Å². The zero-order valence-electron chi connectivity index (χ0n) is 23.7. The largest absolute Gasteiger partial charge is 0.444 e. The van der Waals surface area contributed by atoms with Gasteiger partial charge in [-0.2, -0.15) is 0 Å². The topological polar surface area (TPSA) is 59.0 Å². The van der Waals surface area contributed by atoms with Gasteiger partial charge in [-0.15, -0.1) is 0 Å². The molecule has 3 atom stereocenters. The molecule has 1 fully saturated rings. The molecule has 0 aromatic heterocycles. The molecule has 1 aliphatic heterocycles. The number of hydrogen-bond donors (Lipinski definition) is 1. The zero-order valence-corrected chi connectivity index (χ0v) is 24.7. The van der Waals surface area contributed by atoms with Gasteiger partial charge in [0.25, 0.3) is 0 Å². The van der Waals surface area contributed by atoms with Crippen molar-refractivity contribution in [1.82, 2.24) is 4.90 Å². The number of likely N-dealkylation sites (tertiary alicyclic amines) is 1. The Balaban J connectivity index is 2.20. The second kappa shape index (κ2) is 12.7. The van der Waals surface area contributed by atoms with E-state index in [9.17, 15) is 9.90 Å². The van der Waals surface area contributed by atoms with Crippen molar-refractivity contribution in [3.8, 4) is 0 Å². The van der Waals surface area contributed by atoms with E-state index in [1.807, 2.05) is 26.8 Å². The summed E-state index contributed by atoms with van der Waals surface area (Å²) in [4.78, 5) is 14.5. The van der Waals surface area contributed by atoms with Crippen LogP contribution in [0.5, 0.6) is 0 Å². The van der Waals surface area contributed by atoms with Crippen LogP contribution >= 0.6 is 0 Å². The van der Waals surface area contributed by atoms with Crippen LogP contribution in [0.4, 0.5) is 4.79 Å². The smallest absolute Gasteiger partial charge is 0.410 e. The molecule has 200 valence electrons. The highest BCUT2D eigenvalue weighted by Gasteiger charge is 2.45. The molecule has 0 radical (unpaired) electrons. The molecule has 0 bridgehead atoms. The Hall–Kier alpha value is -1.37. The van der Waals surface area contributed by atoms with E-state index in [1.54, 1.807) is 4.90 Å². The standard InChI is InChI=1S/C29H51NO4Si/c1-21(2)35(22(3)4,23(5)6)33-20-25(18-24-14-11-10-12-15-24)19-27(31)26-16-13-17-30(26)28(32)34-29(7,8)9/h10-12,14-15,21-23,25-27,31H,13,16-20H2,1-9H3/t25?,26-,27?/m0/s1. The van der Waals surface area contributed by atoms with Crippen LogP contribution < -0.4 is 0 Å². The van der Waals surface area contributed by atoms with E-state index in [0.29, 0.717) is 36.2 Å². The molecule has 1 N–H and O–H groups in total. The first-order valence-electron chi connectivity index (χ1n) is 13.6. The fraction of sp³-hybridized carbons (Fsp3) is 0.759. The molecular weight excluding hydrogens is 454 g/mol. The lowest BCUT2D eigenvalue weighted by molar-refractivity contribution is -0.000638. The number of rotatable bonds is 11. The third-order valence-corrected chi connectivity index (χ3v) is 13.7. The number of aliphatic hydroxyl groups is 1. The van der Waals surface area contributed by atoms with Crippen LogP contribution in [-0.4, -0.2) is 55.3 Å². The number of nitrogens with zero attached hydrogens (tertiary/aromatic N) is 1. The van der Waals surface area contributed by atoms with Gasteiger partial charge in [-0.25, -0.2) is 4.79 Å². The van der Waals surface area contributed by atoms with E-state index < -0.39 is 20.0 Å². The first kappa shape index (κ1) is 29.9. The number of aliphatic hydroxyl groups excluding tert-OH is 1. The fourth-order valence-electron chi connectivity index (χ4n) is 6.16. The van der Waals surface area contributed by atoms with Crippen LogP contribution in [0, 0.1) is 5.92 Å². The van der Waals surface area contributed by atoms with Crippen molar-refractivity contribution in [3.63, 3.8) is 0 Å². The molecular formula is C29H51NO4Si. The molecule has 0 spiro atoms. The molecule has 1 heterocycles. The van der Waals surface area contributed by atoms with Crippen LogP contribution in [-0.2, 0) is 15.6 Å². The Morgan fingerprint density at radius 3 is 2.14 bits per heavy atom. The van der Waals surface area contributed by atoms with E-state index >= 15 is 0 Å². The van der Waals surface area contributed by atoms with E-state index in [4.69, 9.17) is 9.16 Å². The molecule has 0 aliphatic carbocycles. The Bertz CT molecular complexity index is 753. The monoisotopic (exact) mass is 505 g/mol. The molecule has 35 heavy (non-hydrogen) atoms. The minimum atomic E-state index is -2.01. The number of benzene rings is 1.